The predicted octanol–water partition coefficient (Wildman–Crippen LogP) is 1.18. The molecule has 1 fully saturated rings. The summed E-state index contributed by atoms with van der Waals surface area (Å²) in [7, 11) is 1.71. The van der Waals surface area contributed by atoms with E-state index in [1.165, 1.54) is 0 Å². The van der Waals surface area contributed by atoms with Crippen molar-refractivity contribution in [3.63, 3.8) is 0 Å². The molecule has 0 aromatic heterocycles. The number of benzene rings is 1. The largest absolute Gasteiger partial charge is 0.384 e. The van der Waals surface area contributed by atoms with Crippen molar-refractivity contribution in [1.82, 2.24) is 4.90 Å². The number of rotatable bonds is 5. The van der Waals surface area contributed by atoms with E-state index in [-0.39, 0.29) is 5.91 Å². The van der Waals surface area contributed by atoms with Gasteiger partial charge >= 0.3 is 0 Å². The van der Waals surface area contributed by atoms with E-state index in [1.807, 2.05) is 29.2 Å². The Morgan fingerprint density at radius 2 is 2.16 bits per heavy atom. The van der Waals surface area contributed by atoms with E-state index < -0.39 is 0 Å². The van der Waals surface area contributed by atoms with Gasteiger partial charge in [-0.3, -0.25) is 4.79 Å². The Kier molecular flexibility index (Phi) is 4.93. The molecule has 1 aromatic rings. The van der Waals surface area contributed by atoms with Gasteiger partial charge in [0.15, 0.2) is 0 Å². The van der Waals surface area contributed by atoms with Crippen molar-refractivity contribution >= 4 is 5.91 Å². The molecule has 0 aliphatic carbocycles. The molecular formula is C15H22N2O2. The van der Waals surface area contributed by atoms with Gasteiger partial charge < -0.3 is 15.4 Å². The second-order valence-electron chi connectivity index (χ2n) is 5.10. The number of nitrogens with two attached hydrogens (primary N) is 1. The zero-order chi connectivity index (χ0) is 13.7. The van der Waals surface area contributed by atoms with E-state index >= 15 is 0 Å². The molecule has 1 atom stereocenters. The highest BCUT2D eigenvalue weighted by atomic mass is 16.5. The number of nitrogens with zero attached hydrogens (tertiary/aromatic N) is 1. The van der Waals surface area contributed by atoms with Crippen molar-refractivity contribution in [1.29, 1.82) is 0 Å². The number of carbonyl (C=O) groups excluding carboxylic acids is 1. The number of hydrogen-bond acceptors (Lipinski definition) is 3. The van der Waals surface area contributed by atoms with Gasteiger partial charge in [-0.15, -0.1) is 0 Å². The SMILES string of the molecule is COCC1CCN(C(=O)Cc2ccccc2CN)C1. The molecule has 0 saturated carbocycles. The lowest BCUT2D eigenvalue weighted by Gasteiger charge is -2.17. The third-order valence-corrected chi connectivity index (χ3v) is 3.72. The van der Waals surface area contributed by atoms with Crippen LogP contribution in [0.5, 0.6) is 0 Å². The Hall–Kier alpha value is -1.39. The second-order valence-corrected chi connectivity index (χ2v) is 5.10. The first-order valence-electron chi connectivity index (χ1n) is 6.78. The smallest absolute Gasteiger partial charge is 0.227 e. The van der Waals surface area contributed by atoms with Crippen molar-refractivity contribution in [3.8, 4) is 0 Å². The highest BCUT2D eigenvalue weighted by molar-refractivity contribution is 5.79. The molecule has 2 N–H and O–H groups in total. The van der Waals surface area contributed by atoms with E-state index in [1.54, 1.807) is 7.11 Å². The predicted molar refractivity (Wildman–Crippen MR) is 74.6 cm³/mol. The molecule has 1 aliphatic rings. The monoisotopic (exact) mass is 262 g/mol. The topological polar surface area (TPSA) is 55.6 Å². The maximum atomic E-state index is 12.3. The molecule has 104 valence electrons. The van der Waals surface area contributed by atoms with Gasteiger partial charge in [0.2, 0.25) is 5.91 Å². The van der Waals surface area contributed by atoms with Gasteiger partial charge in [0.05, 0.1) is 13.0 Å². The van der Waals surface area contributed by atoms with Crippen LogP contribution in [-0.4, -0.2) is 37.6 Å². The number of hydrogen-bond donors (Lipinski definition) is 1. The van der Waals surface area contributed by atoms with Crippen LogP contribution in [0.3, 0.4) is 0 Å². The number of methoxy groups -OCH3 is 1. The lowest BCUT2D eigenvalue weighted by molar-refractivity contribution is -0.129. The molecule has 1 unspecified atom stereocenters. The van der Waals surface area contributed by atoms with Gasteiger partial charge in [0.25, 0.3) is 0 Å². The van der Waals surface area contributed by atoms with Gasteiger partial charge in [-0.25, -0.2) is 0 Å². The van der Waals surface area contributed by atoms with Crippen molar-refractivity contribution in [2.75, 3.05) is 26.8 Å². The van der Waals surface area contributed by atoms with E-state index in [9.17, 15) is 4.79 Å². The maximum absolute atomic E-state index is 12.3. The van der Waals surface area contributed by atoms with Crippen LogP contribution in [0.15, 0.2) is 24.3 Å². The van der Waals surface area contributed by atoms with E-state index in [4.69, 9.17) is 10.5 Å². The zero-order valence-electron chi connectivity index (χ0n) is 11.5. The first kappa shape index (κ1) is 14.0. The number of amides is 1. The van der Waals surface area contributed by atoms with Crippen molar-refractivity contribution in [2.45, 2.75) is 19.4 Å². The van der Waals surface area contributed by atoms with Gasteiger partial charge in [-0.2, -0.15) is 0 Å². The van der Waals surface area contributed by atoms with Crippen LogP contribution in [0.25, 0.3) is 0 Å². The number of carbonyl (C=O) groups is 1. The molecule has 2 rings (SSSR count). The Labute approximate surface area is 114 Å². The third kappa shape index (κ3) is 3.55. The standard InChI is InChI=1S/C15H22N2O2/c1-19-11-12-6-7-17(10-12)15(18)8-13-4-2-3-5-14(13)9-16/h2-5,12H,6-11,16H2,1H3. The second kappa shape index (κ2) is 6.68. The fourth-order valence-electron chi connectivity index (χ4n) is 2.63. The summed E-state index contributed by atoms with van der Waals surface area (Å²) in [5.74, 6) is 0.679. The average molecular weight is 262 g/mol. The highest BCUT2D eigenvalue weighted by Crippen LogP contribution is 2.18. The fraction of sp³-hybridized carbons (Fsp3) is 0.533. The summed E-state index contributed by atoms with van der Waals surface area (Å²) in [6.07, 6.45) is 1.49. The molecule has 1 amide bonds. The summed E-state index contributed by atoms with van der Waals surface area (Å²) in [5, 5.41) is 0. The first-order valence-corrected chi connectivity index (χ1v) is 6.78. The molecule has 4 nitrogen and oxygen atoms in total. The zero-order valence-corrected chi connectivity index (χ0v) is 11.5. The quantitative estimate of drug-likeness (QED) is 0.867. The summed E-state index contributed by atoms with van der Waals surface area (Å²) in [5.41, 5.74) is 7.81. The van der Waals surface area contributed by atoms with E-state index in [0.29, 0.717) is 18.9 Å². The summed E-state index contributed by atoms with van der Waals surface area (Å²) in [6, 6.07) is 7.89. The summed E-state index contributed by atoms with van der Waals surface area (Å²) >= 11 is 0. The molecule has 1 aliphatic heterocycles. The first-order chi connectivity index (χ1) is 9.24. The van der Waals surface area contributed by atoms with Crippen molar-refractivity contribution in [2.24, 2.45) is 11.7 Å². The van der Waals surface area contributed by atoms with Gasteiger partial charge in [0, 0.05) is 32.7 Å². The van der Waals surface area contributed by atoms with Crippen molar-refractivity contribution < 1.29 is 9.53 Å². The normalized spacial score (nSPS) is 18.8. The van der Waals surface area contributed by atoms with Crippen molar-refractivity contribution in [3.05, 3.63) is 35.4 Å². The number of ether oxygens (including phenoxy) is 1. The van der Waals surface area contributed by atoms with Crippen LogP contribution >= 0.6 is 0 Å². The molecular weight excluding hydrogens is 240 g/mol. The van der Waals surface area contributed by atoms with Crippen LogP contribution in [0.1, 0.15) is 17.5 Å². The third-order valence-electron chi connectivity index (χ3n) is 3.72. The Balaban J connectivity index is 1.94. The van der Waals surface area contributed by atoms with Gasteiger partial charge in [-0.05, 0) is 17.5 Å². The minimum atomic E-state index is 0.194. The lowest BCUT2D eigenvalue weighted by Crippen LogP contribution is -2.31. The fourth-order valence-corrected chi connectivity index (χ4v) is 2.63. The molecule has 0 radical (unpaired) electrons. The number of likely N-dealkylation sites (tertiary alicyclic amines) is 1. The molecule has 1 heterocycles. The Bertz CT molecular complexity index is 434. The van der Waals surface area contributed by atoms with Gasteiger partial charge in [0.1, 0.15) is 0 Å². The lowest BCUT2D eigenvalue weighted by atomic mass is 10.0. The minimum absolute atomic E-state index is 0.194. The molecule has 4 heteroatoms. The van der Waals surface area contributed by atoms with Crippen LogP contribution in [0.2, 0.25) is 0 Å². The van der Waals surface area contributed by atoms with Crippen LogP contribution in [0.4, 0.5) is 0 Å². The van der Waals surface area contributed by atoms with Crippen LogP contribution < -0.4 is 5.73 Å². The molecule has 1 aromatic carbocycles. The van der Waals surface area contributed by atoms with E-state index in [2.05, 4.69) is 0 Å². The molecule has 0 bridgehead atoms. The summed E-state index contributed by atoms with van der Waals surface area (Å²) < 4.78 is 5.15. The van der Waals surface area contributed by atoms with Crippen LogP contribution in [0, 0.1) is 5.92 Å². The van der Waals surface area contributed by atoms with Crippen LogP contribution in [-0.2, 0) is 22.5 Å². The molecule has 19 heavy (non-hydrogen) atoms. The Morgan fingerprint density at radius 1 is 1.42 bits per heavy atom. The highest BCUT2D eigenvalue weighted by Gasteiger charge is 2.26. The summed E-state index contributed by atoms with van der Waals surface area (Å²) in [4.78, 5) is 14.2. The molecule has 1 saturated heterocycles. The Morgan fingerprint density at radius 3 is 2.84 bits per heavy atom. The molecule has 0 spiro atoms. The van der Waals surface area contributed by atoms with E-state index in [0.717, 1.165) is 37.2 Å². The maximum Gasteiger partial charge on any atom is 0.227 e. The van der Waals surface area contributed by atoms with Gasteiger partial charge in [-0.1, -0.05) is 24.3 Å². The summed E-state index contributed by atoms with van der Waals surface area (Å²) in [6.45, 7) is 2.88. The average Bonchev–Trinajstić information content (AvgIpc) is 2.88. The minimum Gasteiger partial charge on any atom is -0.384 e.